The Balaban J connectivity index is 2.15. The Bertz CT molecular complexity index is 464. The molecule has 2 heterocycles. The minimum absolute atomic E-state index is 0.615. The molecule has 0 N–H and O–H groups in total. The van der Waals surface area contributed by atoms with Gasteiger partial charge in [0.15, 0.2) is 8.32 Å². The summed E-state index contributed by atoms with van der Waals surface area (Å²) in [6.45, 7) is 7.15. The molecule has 2 aromatic rings. The highest BCUT2D eigenvalue weighted by Crippen LogP contribution is 2.16. The molecule has 0 fully saturated rings. The third-order valence-electron chi connectivity index (χ3n) is 1.91. The van der Waals surface area contributed by atoms with Gasteiger partial charge in [-0.3, -0.25) is 0 Å². The fourth-order valence-corrected chi connectivity index (χ4v) is 2.42. The number of fused-ring (bicyclic) bond motifs is 1. The first-order valence-corrected chi connectivity index (χ1v) is 9.16. The molecule has 0 amide bonds. The van der Waals surface area contributed by atoms with Crippen LogP contribution in [0.5, 0.6) is 0 Å². The van der Waals surface area contributed by atoms with Crippen LogP contribution in [0.2, 0.25) is 19.6 Å². The van der Waals surface area contributed by atoms with Gasteiger partial charge in [0, 0.05) is 0 Å². The number of nitrogens with zero attached hydrogens (tertiary/aromatic N) is 2. The second-order valence-electron chi connectivity index (χ2n) is 4.38. The number of aromatic nitrogens is 2. The highest BCUT2D eigenvalue weighted by atomic mass is 32.1. The smallest absolute Gasteiger partial charge is 0.184 e. The molecule has 0 aromatic carbocycles. The van der Waals surface area contributed by atoms with Gasteiger partial charge in [-0.15, -0.1) is 11.3 Å². The van der Waals surface area contributed by atoms with Crippen molar-refractivity contribution < 1.29 is 4.43 Å². The number of rotatable bonds is 3. The molecule has 0 aliphatic carbocycles. The van der Waals surface area contributed by atoms with E-state index in [0.717, 1.165) is 16.0 Å². The molecule has 2 aromatic heterocycles. The molecule has 0 saturated carbocycles. The van der Waals surface area contributed by atoms with Gasteiger partial charge in [0.05, 0.1) is 23.3 Å². The molecule has 0 unspecified atom stereocenters. The summed E-state index contributed by atoms with van der Waals surface area (Å²) in [7, 11) is -1.44. The van der Waals surface area contributed by atoms with Crippen molar-refractivity contribution in [2.75, 3.05) is 0 Å². The molecular formula is C10H14N2OSSi. The predicted octanol–water partition coefficient (Wildman–Crippen LogP) is 3.04. The van der Waals surface area contributed by atoms with Gasteiger partial charge in [-0.1, -0.05) is 0 Å². The van der Waals surface area contributed by atoms with Gasteiger partial charge >= 0.3 is 0 Å². The molecule has 3 nitrogen and oxygen atoms in total. The molecule has 15 heavy (non-hydrogen) atoms. The minimum atomic E-state index is -1.44. The van der Waals surface area contributed by atoms with Crippen LogP contribution in [-0.2, 0) is 11.0 Å². The summed E-state index contributed by atoms with van der Waals surface area (Å²) in [6, 6.07) is 3.99. The quantitative estimate of drug-likeness (QED) is 0.771. The van der Waals surface area contributed by atoms with Crippen LogP contribution in [-0.4, -0.2) is 18.3 Å². The summed E-state index contributed by atoms with van der Waals surface area (Å²) < 4.78 is 5.80. The van der Waals surface area contributed by atoms with Crippen LogP contribution in [0.25, 0.3) is 10.3 Å². The van der Waals surface area contributed by atoms with Gasteiger partial charge in [0.2, 0.25) is 0 Å². The van der Waals surface area contributed by atoms with E-state index in [0.29, 0.717) is 6.61 Å². The highest BCUT2D eigenvalue weighted by molar-refractivity contribution is 7.16. The first kappa shape index (κ1) is 10.7. The monoisotopic (exact) mass is 238 g/mol. The normalized spacial score (nSPS) is 12.2. The average molecular weight is 238 g/mol. The molecular weight excluding hydrogens is 224 g/mol. The SMILES string of the molecule is C[Si](C)(C)OCc1ccc2ncsc2n1. The molecule has 80 valence electrons. The molecule has 0 aliphatic rings. The summed E-state index contributed by atoms with van der Waals surface area (Å²) in [4.78, 5) is 9.68. The van der Waals surface area contributed by atoms with Gasteiger partial charge in [-0.25, -0.2) is 9.97 Å². The lowest BCUT2D eigenvalue weighted by molar-refractivity contribution is 0.295. The largest absolute Gasteiger partial charge is 0.412 e. The minimum Gasteiger partial charge on any atom is -0.412 e. The second-order valence-corrected chi connectivity index (χ2v) is 9.73. The first-order chi connectivity index (χ1) is 7.04. The van der Waals surface area contributed by atoms with E-state index in [1.807, 2.05) is 17.6 Å². The Morgan fingerprint density at radius 2 is 2.13 bits per heavy atom. The van der Waals surface area contributed by atoms with Crippen LogP contribution < -0.4 is 0 Å². The summed E-state index contributed by atoms with van der Waals surface area (Å²) in [5, 5.41) is 0. The molecule has 2 rings (SSSR count). The average Bonchev–Trinajstić information content (AvgIpc) is 2.60. The van der Waals surface area contributed by atoms with E-state index in [2.05, 4.69) is 29.6 Å². The van der Waals surface area contributed by atoms with E-state index in [-0.39, 0.29) is 0 Å². The molecule has 0 spiro atoms. The van der Waals surface area contributed by atoms with E-state index >= 15 is 0 Å². The van der Waals surface area contributed by atoms with Crippen molar-refractivity contribution in [1.82, 2.24) is 9.97 Å². The fourth-order valence-electron chi connectivity index (χ4n) is 1.16. The third kappa shape index (κ3) is 2.84. The predicted molar refractivity (Wildman–Crippen MR) is 65.6 cm³/mol. The lowest BCUT2D eigenvalue weighted by Gasteiger charge is -2.16. The number of hydrogen-bond donors (Lipinski definition) is 0. The van der Waals surface area contributed by atoms with Crippen molar-refractivity contribution in [2.45, 2.75) is 26.2 Å². The molecule has 0 bridgehead atoms. The van der Waals surface area contributed by atoms with Crippen LogP contribution in [0.4, 0.5) is 0 Å². The van der Waals surface area contributed by atoms with Gasteiger partial charge in [0.25, 0.3) is 0 Å². The fraction of sp³-hybridized carbons (Fsp3) is 0.400. The van der Waals surface area contributed by atoms with Gasteiger partial charge < -0.3 is 4.43 Å². The third-order valence-corrected chi connectivity index (χ3v) is 3.65. The van der Waals surface area contributed by atoms with E-state index in [1.54, 1.807) is 11.3 Å². The van der Waals surface area contributed by atoms with Crippen molar-refractivity contribution in [3.05, 3.63) is 23.3 Å². The van der Waals surface area contributed by atoms with Gasteiger partial charge in [-0.05, 0) is 31.8 Å². The van der Waals surface area contributed by atoms with Crippen LogP contribution in [0.3, 0.4) is 0 Å². The first-order valence-electron chi connectivity index (χ1n) is 4.88. The molecule has 0 aliphatic heterocycles. The maximum Gasteiger partial charge on any atom is 0.184 e. The Morgan fingerprint density at radius 3 is 2.87 bits per heavy atom. The second kappa shape index (κ2) is 4.00. The number of thiazole rings is 1. The summed E-state index contributed by atoms with van der Waals surface area (Å²) in [5.41, 5.74) is 3.78. The lowest BCUT2D eigenvalue weighted by atomic mass is 10.3. The number of hydrogen-bond acceptors (Lipinski definition) is 4. The Kier molecular flexibility index (Phi) is 2.86. The zero-order chi connectivity index (χ0) is 10.9. The van der Waals surface area contributed by atoms with Crippen molar-refractivity contribution in [3.8, 4) is 0 Å². The molecule has 0 atom stereocenters. The van der Waals surface area contributed by atoms with Crippen LogP contribution >= 0.6 is 11.3 Å². The highest BCUT2D eigenvalue weighted by Gasteiger charge is 2.14. The van der Waals surface area contributed by atoms with E-state index in [4.69, 9.17) is 4.43 Å². The Morgan fingerprint density at radius 1 is 1.33 bits per heavy atom. The van der Waals surface area contributed by atoms with Crippen molar-refractivity contribution in [3.63, 3.8) is 0 Å². The maximum atomic E-state index is 5.80. The number of pyridine rings is 1. The van der Waals surface area contributed by atoms with Crippen LogP contribution in [0.1, 0.15) is 5.69 Å². The standard InChI is InChI=1S/C10H14N2OSSi/c1-15(2,3)13-6-8-4-5-9-10(12-8)14-7-11-9/h4-5,7H,6H2,1-3H3. The summed E-state index contributed by atoms with van der Waals surface area (Å²) in [6.07, 6.45) is 0. The Labute approximate surface area is 94.3 Å². The topological polar surface area (TPSA) is 35.0 Å². The molecule has 0 radical (unpaired) electrons. The lowest BCUT2D eigenvalue weighted by Crippen LogP contribution is -2.25. The van der Waals surface area contributed by atoms with E-state index < -0.39 is 8.32 Å². The Hall–Kier alpha value is -0.783. The molecule has 0 saturated heterocycles. The molecule has 5 heteroatoms. The van der Waals surface area contributed by atoms with E-state index in [1.165, 1.54) is 0 Å². The van der Waals surface area contributed by atoms with Crippen LogP contribution in [0.15, 0.2) is 17.6 Å². The van der Waals surface area contributed by atoms with Gasteiger partial charge in [-0.2, -0.15) is 0 Å². The zero-order valence-electron chi connectivity index (χ0n) is 9.15. The van der Waals surface area contributed by atoms with E-state index in [9.17, 15) is 0 Å². The van der Waals surface area contributed by atoms with Crippen molar-refractivity contribution in [2.24, 2.45) is 0 Å². The van der Waals surface area contributed by atoms with Crippen molar-refractivity contribution in [1.29, 1.82) is 0 Å². The van der Waals surface area contributed by atoms with Crippen molar-refractivity contribution >= 4 is 30.0 Å². The summed E-state index contributed by atoms with van der Waals surface area (Å²) in [5.74, 6) is 0. The van der Waals surface area contributed by atoms with Crippen LogP contribution in [0, 0.1) is 0 Å². The maximum absolute atomic E-state index is 5.80. The summed E-state index contributed by atoms with van der Waals surface area (Å²) >= 11 is 1.57. The van der Waals surface area contributed by atoms with Gasteiger partial charge in [0.1, 0.15) is 4.83 Å². The zero-order valence-corrected chi connectivity index (χ0v) is 11.0.